The van der Waals surface area contributed by atoms with Crippen LogP contribution in [0.5, 0.6) is 0 Å². The predicted molar refractivity (Wildman–Crippen MR) is 88.7 cm³/mol. The zero-order valence-corrected chi connectivity index (χ0v) is 13.8. The van der Waals surface area contributed by atoms with Gasteiger partial charge in [0.2, 0.25) is 0 Å². The Bertz CT molecular complexity index is 631. The van der Waals surface area contributed by atoms with Crippen LogP contribution in [0.3, 0.4) is 0 Å². The first-order valence-corrected chi connectivity index (χ1v) is 7.69. The van der Waals surface area contributed by atoms with Gasteiger partial charge in [0.25, 0.3) is 5.91 Å². The van der Waals surface area contributed by atoms with E-state index in [-0.39, 0.29) is 5.91 Å². The van der Waals surface area contributed by atoms with Gasteiger partial charge in [0, 0.05) is 23.8 Å². The molecule has 1 aromatic heterocycles. The van der Waals surface area contributed by atoms with E-state index in [4.69, 9.17) is 11.6 Å². The van der Waals surface area contributed by atoms with Crippen LogP contribution in [0, 0.1) is 0 Å². The second-order valence-electron chi connectivity index (χ2n) is 4.39. The highest BCUT2D eigenvalue weighted by atomic mass is 79.9. The number of rotatable bonds is 5. The molecule has 6 heteroatoms. The molecule has 0 fully saturated rings. The molecule has 0 aliphatic carbocycles. The van der Waals surface area contributed by atoms with E-state index >= 15 is 0 Å². The van der Waals surface area contributed by atoms with Crippen molar-refractivity contribution in [1.82, 2.24) is 10.3 Å². The number of anilines is 1. The molecule has 21 heavy (non-hydrogen) atoms. The molecule has 0 bridgehead atoms. The third-order valence-electron chi connectivity index (χ3n) is 2.81. The number of aromatic nitrogens is 1. The Balaban J connectivity index is 2.00. The number of nitrogens with one attached hydrogen (secondary N) is 2. The predicted octanol–water partition coefficient (Wildman–Crippen LogP) is 3.86. The normalized spacial score (nSPS) is 10.2. The molecule has 0 saturated heterocycles. The van der Waals surface area contributed by atoms with Crippen molar-refractivity contribution in [2.24, 2.45) is 0 Å². The van der Waals surface area contributed by atoms with Gasteiger partial charge in [-0.2, -0.15) is 0 Å². The molecule has 2 N–H and O–H groups in total. The maximum Gasteiger partial charge on any atom is 0.253 e. The smallest absolute Gasteiger partial charge is 0.253 e. The van der Waals surface area contributed by atoms with Gasteiger partial charge in [-0.1, -0.05) is 39.7 Å². The SMILES string of the molecule is CCNc1ncc(C(=O)NCc2ccc(Br)cc2)cc1Cl. The highest BCUT2D eigenvalue weighted by Gasteiger charge is 2.09. The van der Waals surface area contributed by atoms with Crippen LogP contribution in [-0.4, -0.2) is 17.4 Å². The van der Waals surface area contributed by atoms with Gasteiger partial charge in [-0.15, -0.1) is 0 Å². The Morgan fingerprint density at radius 3 is 2.67 bits per heavy atom. The average Bonchev–Trinajstić information content (AvgIpc) is 2.48. The summed E-state index contributed by atoms with van der Waals surface area (Å²) in [7, 11) is 0. The molecule has 0 spiro atoms. The molecule has 1 heterocycles. The third kappa shape index (κ3) is 4.44. The monoisotopic (exact) mass is 367 g/mol. The van der Waals surface area contributed by atoms with Crippen LogP contribution < -0.4 is 10.6 Å². The Labute approximate surface area is 137 Å². The fourth-order valence-corrected chi connectivity index (χ4v) is 2.24. The molecule has 0 aliphatic rings. The molecular formula is C15H15BrClN3O. The quantitative estimate of drug-likeness (QED) is 0.842. The van der Waals surface area contributed by atoms with E-state index in [1.807, 2.05) is 31.2 Å². The first-order valence-electron chi connectivity index (χ1n) is 6.52. The van der Waals surface area contributed by atoms with Crippen LogP contribution >= 0.6 is 27.5 Å². The summed E-state index contributed by atoms with van der Waals surface area (Å²) in [4.78, 5) is 16.2. The van der Waals surface area contributed by atoms with Gasteiger partial charge in [-0.3, -0.25) is 4.79 Å². The van der Waals surface area contributed by atoms with Gasteiger partial charge >= 0.3 is 0 Å². The molecule has 1 aromatic carbocycles. The van der Waals surface area contributed by atoms with Crippen molar-refractivity contribution in [2.45, 2.75) is 13.5 Å². The second kappa shape index (κ2) is 7.43. The van der Waals surface area contributed by atoms with E-state index in [1.165, 1.54) is 6.20 Å². The number of nitrogens with zero attached hydrogens (tertiary/aromatic N) is 1. The molecule has 0 atom stereocenters. The number of carbonyl (C=O) groups is 1. The van der Waals surface area contributed by atoms with Gasteiger partial charge in [0.05, 0.1) is 10.6 Å². The van der Waals surface area contributed by atoms with E-state index < -0.39 is 0 Å². The summed E-state index contributed by atoms with van der Waals surface area (Å²) in [5.41, 5.74) is 1.47. The topological polar surface area (TPSA) is 54.0 Å². The lowest BCUT2D eigenvalue weighted by atomic mass is 10.2. The zero-order valence-electron chi connectivity index (χ0n) is 11.5. The molecule has 0 aliphatic heterocycles. The van der Waals surface area contributed by atoms with Crippen molar-refractivity contribution in [3.63, 3.8) is 0 Å². The Hall–Kier alpha value is -1.59. The van der Waals surface area contributed by atoms with Crippen LogP contribution in [0.1, 0.15) is 22.8 Å². The maximum atomic E-state index is 12.1. The van der Waals surface area contributed by atoms with Crippen molar-refractivity contribution in [3.8, 4) is 0 Å². The van der Waals surface area contributed by atoms with Crippen molar-refractivity contribution < 1.29 is 4.79 Å². The molecule has 4 nitrogen and oxygen atoms in total. The molecule has 0 radical (unpaired) electrons. The van der Waals surface area contributed by atoms with Gasteiger partial charge in [0.15, 0.2) is 0 Å². The summed E-state index contributed by atoms with van der Waals surface area (Å²) < 4.78 is 1.01. The Morgan fingerprint density at radius 2 is 2.05 bits per heavy atom. The van der Waals surface area contributed by atoms with Crippen molar-refractivity contribution in [2.75, 3.05) is 11.9 Å². The summed E-state index contributed by atoms with van der Waals surface area (Å²) in [6.07, 6.45) is 1.51. The van der Waals surface area contributed by atoms with E-state index in [2.05, 4.69) is 31.5 Å². The summed E-state index contributed by atoms with van der Waals surface area (Å²) >= 11 is 9.45. The van der Waals surface area contributed by atoms with Crippen molar-refractivity contribution in [1.29, 1.82) is 0 Å². The van der Waals surface area contributed by atoms with Gasteiger partial charge in [-0.05, 0) is 30.7 Å². The lowest BCUT2D eigenvalue weighted by Gasteiger charge is -2.08. The molecule has 0 unspecified atom stereocenters. The third-order valence-corrected chi connectivity index (χ3v) is 3.63. The van der Waals surface area contributed by atoms with Crippen molar-refractivity contribution >= 4 is 39.3 Å². The number of hydrogen-bond donors (Lipinski definition) is 2. The van der Waals surface area contributed by atoms with Crippen LogP contribution in [0.2, 0.25) is 5.02 Å². The van der Waals surface area contributed by atoms with E-state index in [0.717, 1.165) is 16.6 Å². The highest BCUT2D eigenvalue weighted by Crippen LogP contribution is 2.19. The first kappa shape index (κ1) is 15.8. The number of amides is 1. The van der Waals surface area contributed by atoms with E-state index in [9.17, 15) is 4.79 Å². The van der Waals surface area contributed by atoms with Crippen LogP contribution in [0.4, 0.5) is 5.82 Å². The largest absolute Gasteiger partial charge is 0.369 e. The van der Waals surface area contributed by atoms with Gasteiger partial charge in [-0.25, -0.2) is 4.98 Å². The molecule has 2 rings (SSSR count). The number of benzene rings is 1. The van der Waals surface area contributed by atoms with E-state index in [0.29, 0.717) is 22.9 Å². The summed E-state index contributed by atoms with van der Waals surface area (Å²) in [5.74, 6) is 0.388. The minimum Gasteiger partial charge on any atom is -0.369 e. The van der Waals surface area contributed by atoms with Crippen LogP contribution in [-0.2, 0) is 6.54 Å². The number of carbonyl (C=O) groups excluding carboxylic acids is 1. The second-order valence-corrected chi connectivity index (χ2v) is 5.72. The van der Waals surface area contributed by atoms with Crippen LogP contribution in [0.25, 0.3) is 0 Å². The lowest BCUT2D eigenvalue weighted by molar-refractivity contribution is 0.0950. The molecular weight excluding hydrogens is 354 g/mol. The summed E-state index contributed by atoms with van der Waals surface area (Å²) in [6, 6.07) is 9.38. The Kier molecular flexibility index (Phi) is 5.59. The van der Waals surface area contributed by atoms with Gasteiger partial charge in [0.1, 0.15) is 5.82 Å². The summed E-state index contributed by atoms with van der Waals surface area (Å²) in [5, 5.41) is 6.30. The minimum atomic E-state index is -0.199. The van der Waals surface area contributed by atoms with Gasteiger partial charge < -0.3 is 10.6 Å². The zero-order chi connectivity index (χ0) is 15.2. The fourth-order valence-electron chi connectivity index (χ4n) is 1.75. The maximum absolute atomic E-state index is 12.1. The highest BCUT2D eigenvalue weighted by molar-refractivity contribution is 9.10. The minimum absolute atomic E-state index is 0.199. The van der Waals surface area contributed by atoms with Crippen molar-refractivity contribution in [3.05, 3.63) is 57.2 Å². The van der Waals surface area contributed by atoms with Crippen LogP contribution in [0.15, 0.2) is 41.0 Å². The molecule has 0 saturated carbocycles. The Morgan fingerprint density at radius 1 is 1.33 bits per heavy atom. The lowest BCUT2D eigenvalue weighted by Crippen LogP contribution is -2.23. The number of halogens is 2. The summed E-state index contributed by atoms with van der Waals surface area (Å²) in [6.45, 7) is 3.14. The van der Waals surface area contributed by atoms with E-state index in [1.54, 1.807) is 6.07 Å². The molecule has 1 amide bonds. The molecule has 110 valence electrons. The first-order chi connectivity index (χ1) is 10.1. The fraction of sp³-hybridized carbons (Fsp3) is 0.200. The standard InChI is InChI=1S/C15H15BrClN3O/c1-2-18-14-13(17)7-11(9-19-14)15(21)20-8-10-3-5-12(16)6-4-10/h3-7,9H,2,8H2,1H3,(H,18,19)(H,20,21). The molecule has 2 aromatic rings. The average molecular weight is 369 g/mol. The number of hydrogen-bond acceptors (Lipinski definition) is 3. The number of pyridine rings is 1.